The summed E-state index contributed by atoms with van der Waals surface area (Å²) in [4.78, 5) is 141. The molecule has 0 saturated carbocycles. The van der Waals surface area contributed by atoms with E-state index < -0.39 is 34.2 Å². The van der Waals surface area contributed by atoms with Crippen molar-refractivity contribution < 1.29 is 60.0 Å². The van der Waals surface area contributed by atoms with Crippen molar-refractivity contribution in [2.24, 2.45) is 5.73 Å². The predicted octanol–water partition coefficient (Wildman–Crippen LogP) is 3.71. The molecule has 0 radical (unpaired) electrons. The van der Waals surface area contributed by atoms with E-state index in [1.54, 1.807) is 62.9 Å². The van der Waals surface area contributed by atoms with Crippen LogP contribution in [0.3, 0.4) is 0 Å². The molecule has 0 atom stereocenters. The van der Waals surface area contributed by atoms with Crippen molar-refractivity contribution in [3.63, 3.8) is 0 Å². The highest BCUT2D eigenvalue weighted by molar-refractivity contribution is 5.89. The topological polar surface area (TPSA) is 489 Å². The summed E-state index contributed by atoms with van der Waals surface area (Å²) in [6.45, 7) is 9.06. The number of carbonyl (C=O) groups excluding carboxylic acids is 2. The Morgan fingerprint density at radius 1 is 0.437 bits per heavy atom. The lowest BCUT2D eigenvalue weighted by Gasteiger charge is -2.04. The van der Waals surface area contributed by atoms with Gasteiger partial charge in [-0.2, -0.15) is 0 Å². The fourth-order valence-corrected chi connectivity index (χ4v) is 8.94. The zero-order chi connectivity index (χ0) is 75.4. The Labute approximate surface area is 576 Å². The minimum absolute atomic E-state index is 0.0135. The highest BCUT2D eigenvalue weighted by Crippen LogP contribution is 2.19. The Balaban J connectivity index is 0.000000168. The van der Waals surface area contributed by atoms with Gasteiger partial charge in [0.25, 0.3) is 38.9 Å². The number of aryl methyl sites for hydroxylation is 2. The lowest BCUT2D eigenvalue weighted by molar-refractivity contribution is 0.0522. The quantitative estimate of drug-likeness (QED) is 0.0624. The number of nitrogens with zero attached hydrogens (tertiary/aromatic N) is 14. The van der Waals surface area contributed by atoms with Gasteiger partial charge >= 0.3 is 11.9 Å². The molecule has 0 aliphatic rings. The molecular formula is C69H59N15O19. The van der Waals surface area contributed by atoms with Gasteiger partial charge in [0.05, 0.1) is 17.7 Å². The number of terminal acetylenes is 1. The predicted molar refractivity (Wildman–Crippen MR) is 372 cm³/mol. The minimum Gasteiger partial charge on any atom is -0.504 e. The van der Waals surface area contributed by atoms with E-state index in [2.05, 4.69) is 54.3 Å². The molecule has 0 amide bonds. The van der Waals surface area contributed by atoms with E-state index in [-0.39, 0.29) is 121 Å². The van der Waals surface area contributed by atoms with E-state index in [4.69, 9.17) is 15.6 Å². The number of hydrogen-bond acceptors (Lipinski definition) is 26. The van der Waals surface area contributed by atoms with Crippen molar-refractivity contribution in [2.75, 3.05) is 6.61 Å². The third kappa shape index (κ3) is 16.9. The number of fused-ring (bicyclic) bond motifs is 7. The first-order valence-electron chi connectivity index (χ1n) is 29.7. The second kappa shape index (κ2) is 34.3. The third-order valence-electron chi connectivity index (χ3n) is 14.0. The van der Waals surface area contributed by atoms with Crippen molar-refractivity contribution in [3.05, 3.63) is 290 Å². The zero-order valence-electron chi connectivity index (χ0n) is 54.2. The van der Waals surface area contributed by atoms with E-state index in [0.29, 0.717) is 40.6 Å². The fourth-order valence-electron chi connectivity index (χ4n) is 8.94. The molecule has 14 rings (SSSR count). The largest absolute Gasteiger partial charge is 0.504 e. The summed E-state index contributed by atoms with van der Waals surface area (Å²) < 4.78 is 13.2. The Morgan fingerprint density at radius 3 is 1.08 bits per heavy atom. The highest BCUT2D eigenvalue weighted by atomic mass is 16.5. The van der Waals surface area contributed by atoms with Crippen molar-refractivity contribution >= 4 is 63.8 Å². The molecule has 34 heteroatoms. The number of pyridine rings is 7. The number of carbonyl (C=O) groups is 3. The second-order valence-electron chi connectivity index (χ2n) is 20.4. The number of nitrogens with two attached hydrogens (primary N) is 1. The molecule has 0 aliphatic carbocycles. The number of esters is 1. The van der Waals surface area contributed by atoms with Crippen LogP contribution in [-0.4, -0.2) is 131 Å². The maximum absolute atomic E-state index is 11.9. The summed E-state index contributed by atoms with van der Waals surface area (Å²) in [6, 6.07) is 20.9. The van der Waals surface area contributed by atoms with Crippen LogP contribution in [0.2, 0.25) is 0 Å². The number of aromatic hydroxyl groups is 7. The second-order valence-corrected chi connectivity index (χ2v) is 20.4. The summed E-state index contributed by atoms with van der Waals surface area (Å²) in [5.74, 6) is -2.46. The van der Waals surface area contributed by atoms with Gasteiger partial charge in [0.2, 0.25) is 0 Å². The van der Waals surface area contributed by atoms with Crippen LogP contribution in [-0.2, 0) is 17.7 Å². The number of aldehydes is 1. The molecule has 14 heterocycles. The van der Waals surface area contributed by atoms with Gasteiger partial charge in [-0.25, -0.2) is 44.5 Å². The monoisotopic (exact) mass is 1400 g/mol. The van der Waals surface area contributed by atoms with Crippen LogP contribution < -0.4 is 44.6 Å². The van der Waals surface area contributed by atoms with Crippen LogP contribution in [0.25, 0.3) is 45.6 Å². The first-order chi connectivity index (χ1) is 49.4. The van der Waals surface area contributed by atoms with Crippen molar-refractivity contribution in [1.82, 2.24) is 65.7 Å². The number of rotatable bonds is 7. The van der Waals surface area contributed by atoms with E-state index >= 15 is 0 Å². The van der Waals surface area contributed by atoms with Crippen molar-refractivity contribution in [1.29, 1.82) is 0 Å². The smallest absolute Gasteiger partial charge is 0.345 e. The Kier molecular flexibility index (Phi) is 25.1. The van der Waals surface area contributed by atoms with Gasteiger partial charge < -0.3 is 51.3 Å². The van der Waals surface area contributed by atoms with E-state index in [1.165, 1.54) is 128 Å². The van der Waals surface area contributed by atoms with Gasteiger partial charge in [-0.05, 0) is 105 Å². The van der Waals surface area contributed by atoms with Crippen molar-refractivity contribution in [3.8, 4) is 53.1 Å². The van der Waals surface area contributed by atoms with E-state index in [1.807, 2.05) is 6.92 Å². The average Bonchev–Trinajstić information content (AvgIpc) is 0.724. The third-order valence-corrected chi connectivity index (χ3v) is 14.0. The van der Waals surface area contributed by atoms with Gasteiger partial charge in [0, 0.05) is 110 Å². The van der Waals surface area contributed by atoms with E-state index in [9.17, 15) is 83.7 Å². The zero-order valence-corrected chi connectivity index (χ0v) is 54.2. The molecule has 0 spiro atoms. The number of aromatic nitrogens is 14. The first-order valence-corrected chi connectivity index (χ1v) is 29.7. The van der Waals surface area contributed by atoms with Crippen LogP contribution in [0.1, 0.15) is 67.2 Å². The lowest BCUT2D eigenvalue weighted by Crippen LogP contribution is -2.24. The van der Waals surface area contributed by atoms with E-state index in [0.717, 1.165) is 31.8 Å². The van der Waals surface area contributed by atoms with Crippen LogP contribution >= 0.6 is 0 Å². The van der Waals surface area contributed by atoms with Crippen LogP contribution in [0, 0.1) is 19.8 Å². The lowest BCUT2D eigenvalue weighted by atomic mass is 10.2. The SMILES string of the molecule is C#C.C=Cc1cnc2c(O)cccn2c1=O.CCOC(=O)c1cnc2c(O)cccn2c1=O.CCc1cnc2c(O)cccn2c1=O.Cc1cnc2c(O)cccn2c1=O.NCc1cnc2c(O)cccn2c1=O.O=C(O)c1cnc2c(O)cccn2c1=O.O=Cc1cnc2c(O)cccn2c1=O. The van der Waals surface area contributed by atoms with Crippen LogP contribution in [0.5, 0.6) is 40.2 Å². The molecule has 0 saturated heterocycles. The fraction of sp³-hybridized carbons (Fsp3) is 0.0870. The average molecular weight is 1400 g/mol. The van der Waals surface area contributed by atoms with Gasteiger partial charge in [0.15, 0.2) is 86.1 Å². The molecule has 34 nitrogen and oxygen atoms in total. The molecule has 0 aromatic carbocycles. The van der Waals surface area contributed by atoms with Gasteiger partial charge in [-0.1, -0.05) is 19.6 Å². The Hall–Kier alpha value is -15.0. The van der Waals surface area contributed by atoms with Crippen LogP contribution in [0.4, 0.5) is 0 Å². The number of carboxylic acids is 1. The molecule has 524 valence electrons. The molecule has 0 aliphatic heterocycles. The Morgan fingerprint density at radius 2 is 0.728 bits per heavy atom. The summed E-state index contributed by atoms with van der Waals surface area (Å²) in [5.41, 5.74) is 5.63. The molecule has 0 fully saturated rings. The Bertz CT molecular complexity index is 5820. The van der Waals surface area contributed by atoms with Gasteiger partial charge in [0.1, 0.15) is 11.1 Å². The molecule has 0 bridgehead atoms. The number of hydrogen-bond donors (Lipinski definition) is 9. The summed E-state index contributed by atoms with van der Waals surface area (Å²) in [6.07, 6.45) is 29.9. The first kappa shape index (κ1) is 75.4. The number of carboxylic acid groups (broad SMARTS) is 1. The van der Waals surface area contributed by atoms with Crippen LogP contribution in [0.15, 0.2) is 212 Å². The molecule has 0 unspecified atom stereocenters. The molecule has 10 N–H and O–H groups in total. The minimum atomic E-state index is -1.34. The summed E-state index contributed by atoms with van der Waals surface area (Å²) in [5, 5.41) is 74.5. The summed E-state index contributed by atoms with van der Waals surface area (Å²) in [7, 11) is 0. The highest BCUT2D eigenvalue weighted by Gasteiger charge is 2.17. The molecule has 14 aromatic rings. The molecule has 103 heavy (non-hydrogen) atoms. The molecular weight excluding hydrogens is 1340 g/mol. The van der Waals surface area contributed by atoms with Crippen molar-refractivity contribution in [2.45, 2.75) is 33.7 Å². The number of ether oxygens (including phenoxy) is 1. The standard InChI is InChI=1S/C11H10N2O4.C10H10N2O2.C10H8N2O2.C9H9N3O2.C9H6N2O4.C9H6N2O3.C9H8N2O2.C2H2/c1-2-17-11(16)7-6-12-9-8(14)4-3-5-13(9)10(7)15;2*1-2-7-6-11-9-8(13)4-3-5-12(9)10(7)14;10-4-6-5-11-8-7(13)2-1-3-12(8)9(6)14;12-6-2-1-3-11-7(6)10-4-5(8(11)13)9(14)15;12-5-6-4-10-8-7(13)2-1-3-11(8)9(6)14;1-6-5-10-8-7(12)3-2-4-11(8)9(6)13;1-2/h3-6,14H,2H2,1H3;3-6,13H,2H2,1H3;2-6,13H,1H2;1-3,5,13H,4,10H2;1-4,12H,(H,14,15);1-5,13H;2-5,12H,1H3;1-2H. The maximum Gasteiger partial charge on any atom is 0.345 e. The molecule has 14 aromatic heterocycles. The number of aromatic carboxylic acids is 1. The van der Waals surface area contributed by atoms with Gasteiger partial charge in [-0.3, -0.25) is 69.2 Å². The summed E-state index contributed by atoms with van der Waals surface area (Å²) >= 11 is 0. The maximum atomic E-state index is 11.9. The van der Waals surface area contributed by atoms with Gasteiger partial charge in [-0.15, -0.1) is 12.8 Å². The normalized spacial score (nSPS) is 10.3.